The summed E-state index contributed by atoms with van der Waals surface area (Å²) in [5.41, 5.74) is 2.66. The lowest BCUT2D eigenvalue weighted by Crippen LogP contribution is -2.29. The average Bonchev–Trinajstić information content (AvgIpc) is 3.21. The topological polar surface area (TPSA) is 53.2 Å². The maximum atomic E-state index is 13.3. The number of halogens is 1. The zero-order chi connectivity index (χ0) is 17.6. The lowest BCUT2D eigenvalue weighted by atomic mass is 9.98. The number of para-hydroxylation sites is 1. The first-order valence-corrected chi connectivity index (χ1v) is 9.73. The van der Waals surface area contributed by atoms with E-state index in [-0.39, 0.29) is 10.8 Å². The van der Waals surface area contributed by atoms with Gasteiger partial charge in [-0.2, -0.15) is 4.31 Å². The molecule has 6 heteroatoms. The summed E-state index contributed by atoms with van der Waals surface area (Å²) < 4.78 is 40.7. The summed E-state index contributed by atoms with van der Waals surface area (Å²) in [7, 11) is -3.61. The molecule has 1 atom stereocenters. The van der Waals surface area contributed by atoms with Gasteiger partial charge in [-0.25, -0.2) is 12.8 Å². The van der Waals surface area contributed by atoms with Crippen molar-refractivity contribution in [2.45, 2.75) is 24.2 Å². The maximum absolute atomic E-state index is 13.3. The fourth-order valence-corrected chi connectivity index (χ4v) is 5.38. The monoisotopic (exact) mass is 358 g/mol. The Bertz CT molecular complexity index is 1040. The fourth-order valence-electron chi connectivity index (χ4n) is 3.67. The number of sulfonamides is 1. The minimum Gasteiger partial charge on any atom is -0.361 e. The van der Waals surface area contributed by atoms with Gasteiger partial charge in [-0.05, 0) is 48.7 Å². The maximum Gasteiger partial charge on any atom is 0.243 e. The molecule has 130 valence electrons. The van der Waals surface area contributed by atoms with Gasteiger partial charge in [0, 0.05) is 36.1 Å². The predicted octanol–water partition coefficient (Wildman–Crippen LogP) is 3.79. The molecule has 0 amide bonds. The van der Waals surface area contributed by atoms with Gasteiger partial charge in [-0.3, -0.25) is 0 Å². The van der Waals surface area contributed by atoms with Gasteiger partial charge in [0.05, 0.1) is 4.90 Å². The van der Waals surface area contributed by atoms with Gasteiger partial charge in [0.2, 0.25) is 10.0 Å². The Labute approximate surface area is 146 Å². The van der Waals surface area contributed by atoms with Crippen LogP contribution in [0.15, 0.2) is 53.6 Å². The van der Waals surface area contributed by atoms with Crippen LogP contribution in [-0.4, -0.2) is 30.8 Å². The summed E-state index contributed by atoms with van der Waals surface area (Å²) in [6.07, 6.45) is 2.76. The van der Waals surface area contributed by atoms with Crippen LogP contribution in [0.4, 0.5) is 4.39 Å². The highest BCUT2D eigenvalue weighted by Gasteiger charge is 2.34. The number of benzene rings is 2. The van der Waals surface area contributed by atoms with Crippen molar-refractivity contribution < 1.29 is 12.8 Å². The molecule has 1 aliphatic rings. The van der Waals surface area contributed by atoms with Crippen molar-refractivity contribution in [2.24, 2.45) is 0 Å². The Hall–Kier alpha value is -2.18. The highest BCUT2D eigenvalue weighted by molar-refractivity contribution is 7.89. The molecular weight excluding hydrogens is 339 g/mol. The molecule has 1 fully saturated rings. The fraction of sp³-hybridized carbons (Fsp3) is 0.263. The second-order valence-corrected chi connectivity index (χ2v) is 8.45. The number of hydrogen-bond donors (Lipinski definition) is 1. The Morgan fingerprint density at radius 3 is 2.80 bits per heavy atom. The van der Waals surface area contributed by atoms with Gasteiger partial charge in [0.15, 0.2) is 0 Å². The molecule has 4 rings (SSSR count). The van der Waals surface area contributed by atoms with Crippen LogP contribution in [0.25, 0.3) is 10.9 Å². The van der Waals surface area contributed by atoms with Gasteiger partial charge in [0.1, 0.15) is 5.82 Å². The number of aromatic amines is 1. The molecule has 1 unspecified atom stereocenters. The number of hydrogen-bond acceptors (Lipinski definition) is 2. The van der Waals surface area contributed by atoms with E-state index in [1.54, 1.807) is 6.92 Å². The van der Waals surface area contributed by atoms with Crippen LogP contribution in [0, 0.1) is 12.7 Å². The summed E-state index contributed by atoms with van der Waals surface area (Å²) in [5, 5.41) is 1.14. The number of aromatic nitrogens is 1. The second-order valence-electron chi connectivity index (χ2n) is 6.55. The molecule has 25 heavy (non-hydrogen) atoms. The highest BCUT2D eigenvalue weighted by Crippen LogP contribution is 2.35. The number of aryl methyl sites for hydroxylation is 1. The first kappa shape index (κ1) is 16.3. The summed E-state index contributed by atoms with van der Waals surface area (Å²) in [6.45, 7) is 2.55. The first-order chi connectivity index (χ1) is 12.0. The van der Waals surface area contributed by atoms with E-state index in [9.17, 15) is 12.8 Å². The van der Waals surface area contributed by atoms with E-state index >= 15 is 0 Å². The van der Waals surface area contributed by atoms with Crippen molar-refractivity contribution in [3.63, 3.8) is 0 Å². The van der Waals surface area contributed by atoms with E-state index in [0.29, 0.717) is 18.7 Å². The zero-order valence-electron chi connectivity index (χ0n) is 13.9. The van der Waals surface area contributed by atoms with Crippen LogP contribution >= 0.6 is 0 Å². The SMILES string of the molecule is Cc1cc(F)ccc1S(=O)(=O)N1CCC(c2c[nH]c3ccccc23)C1. The highest BCUT2D eigenvalue weighted by atomic mass is 32.2. The minimum atomic E-state index is -3.61. The number of nitrogens with one attached hydrogen (secondary N) is 1. The van der Waals surface area contributed by atoms with Crippen molar-refractivity contribution in [1.29, 1.82) is 0 Å². The minimum absolute atomic E-state index is 0.159. The molecule has 1 N–H and O–H groups in total. The van der Waals surface area contributed by atoms with Crippen LogP contribution in [0.3, 0.4) is 0 Å². The number of H-pyrrole nitrogens is 1. The van der Waals surface area contributed by atoms with Crippen LogP contribution in [0.2, 0.25) is 0 Å². The Morgan fingerprint density at radius 1 is 1.20 bits per heavy atom. The largest absolute Gasteiger partial charge is 0.361 e. The Kier molecular flexibility index (Phi) is 3.89. The van der Waals surface area contributed by atoms with E-state index in [1.807, 2.05) is 24.4 Å². The summed E-state index contributed by atoms with van der Waals surface area (Å²) >= 11 is 0. The summed E-state index contributed by atoms with van der Waals surface area (Å²) in [4.78, 5) is 3.44. The lowest BCUT2D eigenvalue weighted by molar-refractivity contribution is 0.472. The van der Waals surface area contributed by atoms with Gasteiger partial charge < -0.3 is 4.98 Å². The molecule has 1 aliphatic heterocycles. The van der Waals surface area contributed by atoms with Crippen LogP contribution < -0.4 is 0 Å². The molecule has 0 bridgehead atoms. The molecule has 1 saturated heterocycles. The molecular formula is C19H19FN2O2S. The quantitative estimate of drug-likeness (QED) is 0.774. The molecule has 1 aromatic heterocycles. The van der Waals surface area contributed by atoms with Crippen molar-refractivity contribution >= 4 is 20.9 Å². The number of fused-ring (bicyclic) bond motifs is 1. The molecule has 2 heterocycles. The summed E-state index contributed by atoms with van der Waals surface area (Å²) in [5.74, 6) is -0.263. The third-order valence-corrected chi connectivity index (χ3v) is 6.99. The molecule has 3 aromatic rings. The van der Waals surface area contributed by atoms with Crippen LogP contribution in [-0.2, 0) is 10.0 Å². The third-order valence-electron chi connectivity index (χ3n) is 4.97. The van der Waals surface area contributed by atoms with Crippen molar-refractivity contribution in [2.75, 3.05) is 13.1 Å². The van der Waals surface area contributed by atoms with Crippen molar-refractivity contribution in [1.82, 2.24) is 9.29 Å². The average molecular weight is 358 g/mol. The predicted molar refractivity (Wildman–Crippen MR) is 95.6 cm³/mol. The van der Waals surface area contributed by atoms with E-state index < -0.39 is 15.8 Å². The van der Waals surface area contributed by atoms with E-state index in [2.05, 4.69) is 11.1 Å². The molecule has 0 saturated carbocycles. The Morgan fingerprint density at radius 2 is 2.00 bits per heavy atom. The lowest BCUT2D eigenvalue weighted by Gasteiger charge is -2.18. The third kappa shape index (κ3) is 2.75. The van der Waals surface area contributed by atoms with Crippen molar-refractivity contribution in [3.8, 4) is 0 Å². The first-order valence-electron chi connectivity index (χ1n) is 8.29. The van der Waals surface area contributed by atoms with Gasteiger partial charge in [-0.15, -0.1) is 0 Å². The standard InChI is InChI=1S/C19H19FN2O2S/c1-13-10-15(20)6-7-19(13)25(23,24)22-9-8-14(12-22)17-11-21-18-5-3-2-4-16(17)18/h2-7,10-11,14,21H,8-9,12H2,1H3. The zero-order valence-corrected chi connectivity index (χ0v) is 14.7. The van der Waals surface area contributed by atoms with Crippen molar-refractivity contribution in [3.05, 3.63) is 65.6 Å². The summed E-state index contributed by atoms with van der Waals surface area (Å²) in [6, 6.07) is 11.9. The Balaban J connectivity index is 1.63. The molecule has 0 aliphatic carbocycles. The molecule has 2 aromatic carbocycles. The smallest absolute Gasteiger partial charge is 0.243 e. The number of nitrogens with zero attached hydrogens (tertiary/aromatic N) is 1. The molecule has 4 nitrogen and oxygen atoms in total. The molecule has 0 spiro atoms. The number of rotatable bonds is 3. The van der Waals surface area contributed by atoms with Gasteiger partial charge in [0.25, 0.3) is 0 Å². The van der Waals surface area contributed by atoms with E-state index in [0.717, 1.165) is 22.9 Å². The van der Waals surface area contributed by atoms with Gasteiger partial charge >= 0.3 is 0 Å². The van der Waals surface area contributed by atoms with Crippen LogP contribution in [0.5, 0.6) is 0 Å². The second kappa shape index (κ2) is 5.97. The normalized spacial score (nSPS) is 18.9. The van der Waals surface area contributed by atoms with Gasteiger partial charge in [-0.1, -0.05) is 18.2 Å². The van der Waals surface area contributed by atoms with E-state index in [4.69, 9.17) is 0 Å². The molecule has 0 radical (unpaired) electrons. The van der Waals surface area contributed by atoms with Crippen LogP contribution in [0.1, 0.15) is 23.5 Å². The van der Waals surface area contributed by atoms with E-state index in [1.165, 1.54) is 22.5 Å².